The van der Waals surface area contributed by atoms with Crippen LogP contribution in [0.4, 0.5) is 0 Å². The van der Waals surface area contributed by atoms with Crippen LogP contribution in [0.15, 0.2) is 0 Å². The van der Waals surface area contributed by atoms with Crippen molar-refractivity contribution in [3.8, 4) is 0 Å². The summed E-state index contributed by atoms with van der Waals surface area (Å²) in [5.74, 6) is -0.591. The second kappa shape index (κ2) is 23.1. The van der Waals surface area contributed by atoms with Crippen LogP contribution in [0, 0.1) is 0 Å². The lowest BCUT2D eigenvalue weighted by molar-refractivity contribution is -0.132. The molecule has 0 bridgehead atoms. The van der Waals surface area contributed by atoms with Gasteiger partial charge in [-0.15, -0.1) is 0 Å². The molecule has 198 valence electrons. The molecule has 0 rings (SSSR count). The number of aliphatic hydroxyl groups is 4. The van der Waals surface area contributed by atoms with Crippen LogP contribution in [0.25, 0.3) is 0 Å². The van der Waals surface area contributed by atoms with Gasteiger partial charge in [-0.25, -0.2) is 0 Å². The van der Waals surface area contributed by atoms with Gasteiger partial charge in [-0.2, -0.15) is 0 Å². The zero-order valence-electron chi connectivity index (χ0n) is 21.6. The molecule has 4 unspecified atom stereocenters. The van der Waals surface area contributed by atoms with E-state index in [0.717, 1.165) is 51.4 Å². The van der Waals surface area contributed by atoms with E-state index in [9.17, 15) is 25.2 Å². The van der Waals surface area contributed by atoms with E-state index in [1.807, 2.05) is 0 Å². The summed E-state index contributed by atoms with van der Waals surface area (Å²) < 4.78 is 0. The molecular weight excluding hydrogens is 418 g/mol. The largest absolute Gasteiger partial charge is 0.394 e. The van der Waals surface area contributed by atoms with Gasteiger partial charge in [0, 0.05) is 0 Å². The van der Waals surface area contributed by atoms with Crippen molar-refractivity contribution in [2.45, 2.75) is 160 Å². The highest BCUT2D eigenvalue weighted by atomic mass is 16.3. The van der Waals surface area contributed by atoms with Gasteiger partial charge in [0.1, 0.15) is 12.2 Å². The molecule has 0 aliphatic heterocycles. The molecule has 6 heteroatoms. The molecule has 0 aliphatic rings. The Morgan fingerprint density at radius 2 is 1.03 bits per heavy atom. The van der Waals surface area contributed by atoms with E-state index in [2.05, 4.69) is 19.2 Å². The van der Waals surface area contributed by atoms with Gasteiger partial charge in [0.05, 0.1) is 18.8 Å². The minimum absolute atomic E-state index is 0.373. The second-order valence-electron chi connectivity index (χ2n) is 9.75. The highest BCUT2D eigenvalue weighted by Crippen LogP contribution is 2.14. The molecule has 33 heavy (non-hydrogen) atoms. The number of hydrogen-bond acceptors (Lipinski definition) is 5. The molecule has 0 fully saturated rings. The van der Waals surface area contributed by atoms with Gasteiger partial charge in [-0.1, -0.05) is 123 Å². The molecular formula is C27H55NO5. The van der Waals surface area contributed by atoms with Crippen LogP contribution in [0.3, 0.4) is 0 Å². The standard InChI is InChI=1S/C27H55NO5/c1-3-5-7-9-10-11-12-13-14-15-17-19-21-25(31)27(33)28-23(22-29)26(32)24(30)20-18-16-8-6-4-2/h23-26,29-32H,3-22H2,1-2H3,(H,28,33). The molecule has 0 radical (unpaired) electrons. The number of aliphatic hydroxyl groups excluding tert-OH is 4. The number of rotatable bonds is 24. The van der Waals surface area contributed by atoms with E-state index in [4.69, 9.17) is 0 Å². The minimum Gasteiger partial charge on any atom is -0.394 e. The summed E-state index contributed by atoms with van der Waals surface area (Å²) in [6, 6.07) is -0.972. The summed E-state index contributed by atoms with van der Waals surface area (Å²) in [5, 5.41) is 42.6. The van der Waals surface area contributed by atoms with E-state index in [0.29, 0.717) is 12.8 Å². The number of nitrogens with one attached hydrogen (secondary N) is 1. The van der Waals surface area contributed by atoms with Crippen LogP contribution in [-0.4, -0.2) is 57.3 Å². The number of carbonyl (C=O) groups is 1. The molecule has 0 saturated heterocycles. The Bertz CT molecular complexity index is 435. The monoisotopic (exact) mass is 473 g/mol. The van der Waals surface area contributed by atoms with Crippen molar-refractivity contribution in [3.63, 3.8) is 0 Å². The van der Waals surface area contributed by atoms with Crippen molar-refractivity contribution in [2.75, 3.05) is 6.61 Å². The molecule has 0 aromatic carbocycles. The van der Waals surface area contributed by atoms with Crippen molar-refractivity contribution >= 4 is 5.91 Å². The highest BCUT2D eigenvalue weighted by Gasteiger charge is 2.28. The molecule has 5 N–H and O–H groups in total. The van der Waals surface area contributed by atoms with E-state index in [-0.39, 0.29) is 0 Å². The predicted molar refractivity (Wildman–Crippen MR) is 136 cm³/mol. The molecule has 0 aromatic rings. The lowest BCUT2D eigenvalue weighted by atomic mass is 9.99. The first kappa shape index (κ1) is 32.3. The van der Waals surface area contributed by atoms with Crippen molar-refractivity contribution in [1.82, 2.24) is 5.32 Å². The Hall–Kier alpha value is -0.690. The topological polar surface area (TPSA) is 110 Å². The summed E-state index contributed by atoms with van der Waals surface area (Å²) >= 11 is 0. The van der Waals surface area contributed by atoms with Gasteiger partial charge < -0.3 is 25.7 Å². The molecule has 0 spiro atoms. The average molecular weight is 474 g/mol. The maximum atomic E-state index is 12.2. The second-order valence-corrected chi connectivity index (χ2v) is 9.75. The van der Waals surface area contributed by atoms with E-state index >= 15 is 0 Å². The van der Waals surface area contributed by atoms with Crippen molar-refractivity contribution in [3.05, 3.63) is 0 Å². The summed E-state index contributed by atoms with van der Waals surface area (Å²) in [4.78, 5) is 12.2. The van der Waals surface area contributed by atoms with Gasteiger partial charge in [-0.3, -0.25) is 4.79 Å². The SMILES string of the molecule is CCCCCCCCCCCCCCC(O)C(=O)NC(CO)C(O)C(O)CCCCCCC. The maximum absolute atomic E-state index is 12.2. The normalized spacial score (nSPS) is 15.2. The Labute approximate surface area is 203 Å². The van der Waals surface area contributed by atoms with E-state index in [1.54, 1.807) is 0 Å². The van der Waals surface area contributed by atoms with E-state index < -0.39 is 36.9 Å². The van der Waals surface area contributed by atoms with Crippen LogP contribution < -0.4 is 5.32 Å². The van der Waals surface area contributed by atoms with Crippen LogP contribution in [0.5, 0.6) is 0 Å². The third-order valence-electron chi connectivity index (χ3n) is 6.57. The Morgan fingerprint density at radius 3 is 1.45 bits per heavy atom. The number of amides is 1. The number of carbonyl (C=O) groups excluding carboxylic acids is 1. The van der Waals surface area contributed by atoms with Gasteiger partial charge in [0.15, 0.2) is 0 Å². The van der Waals surface area contributed by atoms with Crippen molar-refractivity contribution < 1.29 is 25.2 Å². The first-order chi connectivity index (χ1) is 16.0. The molecule has 0 saturated carbocycles. The molecule has 0 aliphatic carbocycles. The fraction of sp³-hybridized carbons (Fsp3) is 0.963. The third kappa shape index (κ3) is 18.3. The smallest absolute Gasteiger partial charge is 0.249 e. The zero-order chi connectivity index (χ0) is 24.7. The number of hydrogen-bond donors (Lipinski definition) is 5. The van der Waals surface area contributed by atoms with Crippen LogP contribution in [0.2, 0.25) is 0 Å². The van der Waals surface area contributed by atoms with E-state index in [1.165, 1.54) is 57.8 Å². The Morgan fingerprint density at radius 1 is 0.636 bits per heavy atom. The van der Waals surface area contributed by atoms with Crippen LogP contribution >= 0.6 is 0 Å². The molecule has 0 heterocycles. The third-order valence-corrected chi connectivity index (χ3v) is 6.57. The van der Waals surface area contributed by atoms with Gasteiger partial charge >= 0.3 is 0 Å². The highest BCUT2D eigenvalue weighted by molar-refractivity contribution is 5.80. The van der Waals surface area contributed by atoms with Crippen molar-refractivity contribution in [2.24, 2.45) is 0 Å². The van der Waals surface area contributed by atoms with Gasteiger partial charge in [-0.05, 0) is 12.8 Å². The lowest BCUT2D eigenvalue weighted by Crippen LogP contribution is -2.53. The van der Waals surface area contributed by atoms with Crippen molar-refractivity contribution in [1.29, 1.82) is 0 Å². The summed E-state index contributed by atoms with van der Waals surface area (Å²) in [5.41, 5.74) is 0. The maximum Gasteiger partial charge on any atom is 0.249 e. The molecule has 6 nitrogen and oxygen atoms in total. The van der Waals surface area contributed by atoms with Crippen LogP contribution in [-0.2, 0) is 4.79 Å². The fourth-order valence-electron chi connectivity index (χ4n) is 4.22. The summed E-state index contributed by atoms with van der Waals surface area (Å²) in [6.45, 7) is 3.90. The number of unbranched alkanes of at least 4 members (excludes halogenated alkanes) is 15. The predicted octanol–water partition coefficient (Wildman–Crippen LogP) is 5.00. The molecule has 1 amide bonds. The summed E-state index contributed by atoms with van der Waals surface area (Å²) in [6.07, 6.45) is 17.3. The molecule has 4 atom stereocenters. The minimum atomic E-state index is -1.25. The zero-order valence-corrected chi connectivity index (χ0v) is 21.6. The fourth-order valence-corrected chi connectivity index (χ4v) is 4.22. The van der Waals surface area contributed by atoms with Crippen LogP contribution in [0.1, 0.15) is 136 Å². The quantitative estimate of drug-likeness (QED) is 0.127. The van der Waals surface area contributed by atoms with Gasteiger partial charge in [0.2, 0.25) is 5.91 Å². The van der Waals surface area contributed by atoms with Gasteiger partial charge in [0.25, 0.3) is 0 Å². The lowest BCUT2D eigenvalue weighted by Gasteiger charge is -2.27. The first-order valence-electron chi connectivity index (χ1n) is 13.9. The average Bonchev–Trinajstić information content (AvgIpc) is 2.82. The summed E-state index contributed by atoms with van der Waals surface area (Å²) in [7, 11) is 0. The first-order valence-corrected chi connectivity index (χ1v) is 13.9. The Kier molecular flexibility index (Phi) is 22.6. The molecule has 0 aromatic heterocycles. The Balaban J connectivity index is 3.88.